The Morgan fingerprint density at radius 1 is 1.55 bits per heavy atom. The van der Waals surface area contributed by atoms with E-state index < -0.39 is 23.4 Å². The molecule has 0 saturated heterocycles. The molecule has 1 atom stereocenters. The SMILES string of the molecule is C=CCC1Oc2cccc3c2c(=O)c(C(=O)O)nn3O1. The van der Waals surface area contributed by atoms with Crippen LogP contribution in [0.4, 0.5) is 0 Å². The van der Waals surface area contributed by atoms with Crippen LogP contribution in [0.3, 0.4) is 0 Å². The van der Waals surface area contributed by atoms with Gasteiger partial charge in [-0.1, -0.05) is 17.0 Å². The molecule has 7 nitrogen and oxygen atoms in total. The van der Waals surface area contributed by atoms with Gasteiger partial charge < -0.3 is 14.7 Å². The molecule has 1 aromatic carbocycles. The molecule has 0 amide bonds. The number of carboxylic acids is 1. The fourth-order valence-corrected chi connectivity index (χ4v) is 2.04. The van der Waals surface area contributed by atoms with E-state index in [1.807, 2.05) is 0 Å². The third kappa shape index (κ3) is 1.71. The summed E-state index contributed by atoms with van der Waals surface area (Å²) in [7, 11) is 0. The first-order valence-corrected chi connectivity index (χ1v) is 5.86. The molecule has 4 bridgehead atoms. The fraction of sp³-hybridized carbons (Fsp3) is 0.154. The molecule has 1 aliphatic heterocycles. The van der Waals surface area contributed by atoms with Gasteiger partial charge in [0.15, 0.2) is 0 Å². The maximum Gasteiger partial charge on any atom is 0.360 e. The average Bonchev–Trinajstić information content (AvgIpc) is 2.46. The molecule has 1 aliphatic rings. The van der Waals surface area contributed by atoms with Gasteiger partial charge in [-0.2, -0.15) is 0 Å². The molecule has 7 heteroatoms. The van der Waals surface area contributed by atoms with Gasteiger partial charge in [-0.05, 0) is 12.1 Å². The van der Waals surface area contributed by atoms with Crippen LogP contribution in [0.5, 0.6) is 5.75 Å². The van der Waals surface area contributed by atoms with Crippen LogP contribution in [-0.4, -0.2) is 27.3 Å². The first kappa shape index (κ1) is 12.2. The molecule has 0 spiro atoms. The van der Waals surface area contributed by atoms with Crippen LogP contribution < -0.4 is 15.0 Å². The van der Waals surface area contributed by atoms with E-state index in [1.54, 1.807) is 24.3 Å². The number of carboxylic acid groups (broad SMARTS) is 1. The van der Waals surface area contributed by atoms with E-state index in [-0.39, 0.29) is 11.1 Å². The molecule has 0 aliphatic carbocycles. The standard InChI is InChI=1S/C13H10N2O5/c1-2-4-9-19-8-6-3-5-7-10(8)12(16)11(13(17)18)14-15(7)20-9/h2-3,5-6,9H,1,4H2,(H,17,18). The Balaban J connectivity index is 2.35. The summed E-state index contributed by atoms with van der Waals surface area (Å²) in [6.45, 7) is 3.59. The van der Waals surface area contributed by atoms with Crippen molar-refractivity contribution >= 4 is 16.9 Å². The number of aromatic nitrogens is 2. The lowest BCUT2D eigenvalue weighted by atomic mass is 10.2. The van der Waals surface area contributed by atoms with Gasteiger partial charge >= 0.3 is 5.97 Å². The van der Waals surface area contributed by atoms with E-state index in [2.05, 4.69) is 11.7 Å². The van der Waals surface area contributed by atoms with E-state index in [4.69, 9.17) is 14.7 Å². The molecule has 2 heterocycles. The topological polar surface area (TPSA) is 90.7 Å². The van der Waals surface area contributed by atoms with E-state index in [1.165, 1.54) is 0 Å². The van der Waals surface area contributed by atoms with Gasteiger partial charge in [0.25, 0.3) is 6.29 Å². The predicted octanol–water partition coefficient (Wildman–Crippen LogP) is 0.818. The van der Waals surface area contributed by atoms with Crippen LogP contribution in [0, 0.1) is 0 Å². The van der Waals surface area contributed by atoms with Crippen molar-refractivity contribution in [3.63, 3.8) is 0 Å². The number of rotatable bonds is 3. The Kier molecular flexibility index (Phi) is 2.67. The molecule has 1 aromatic heterocycles. The first-order chi connectivity index (χ1) is 9.61. The highest BCUT2D eigenvalue weighted by molar-refractivity contribution is 5.92. The number of ether oxygens (including phenoxy) is 1. The molecule has 1 N–H and O–H groups in total. The van der Waals surface area contributed by atoms with Crippen molar-refractivity contribution in [2.24, 2.45) is 0 Å². The lowest BCUT2D eigenvalue weighted by Gasteiger charge is -2.15. The zero-order valence-electron chi connectivity index (χ0n) is 10.3. The molecular formula is C13H10N2O5. The summed E-state index contributed by atoms with van der Waals surface area (Å²) in [5, 5.41) is 12.9. The third-order valence-electron chi connectivity index (χ3n) is 2.88. The summed E-state index contributed by atoms with van der Waals surface area (Å²) in [6.07, 6.45) is 1.23. The Morgan fingerprint density at radius 2 is 2.35 bits per heavy atom. The Labute approximate surface area is 112 Å². The van der Waals surface area contributed by atoms with Crippen molar-refractivity contribution in [2.45, 2.75) is 12.7 Å². The molecule has 0 fully saturated rings. The van der Waals surface area contributed by atoms with Crippen LogP contribution in [-0.2, 0) is 0 Å². The minimum atomic E-state index is -1.41. The van der Waals surface area contributed by atoms with E-state index >= 15 is 0 Å². The van der Waals surface area contributed by atoms with Crippen molar-refractivity contribution in [1.29, 1.82) is 0 Å². The van der Waals surface area contributed by atoms with Gasteiger partial charge in [-0.25, -0.2) is 4.79 Å². The number of aromatic carboxylic acids is 1. The number of benzene rings is 1. The molecule has 1 unspecified atom stereocenters. The molecule has 3 rings (SSSR count). The zero-order chi connectivity index (χ0) is 14.3. The summed E-state index contributed by atoms with van der Waals surface area (Å²) in [5.41, 5.74) is -0.931. The van der Waals surface area contributed by atoms with Gasteiger partial charge in [0, 0.05) is 6.42 Å². The highest BCUT2D eigenvalue weighted by Gasteiger charge is 2.26. The van der Waals surface area contributed by atoms with Gasteiger partial charge in [-0.3, -0.25) is 4.79 Å². The fourth-order valence-electron chi connectivity index (χ4n) is 2.04. The second-order valence-corrected chi connectivity index (χ2v) is 4.18. The normalized spacial score (nSPS) is 16.3. The molecule has 2 aromatic rings. The minimum absolute atomic E-state index is 0.145. The average molecular weight is 274 g/mol. The van der Waals surface area contributed by atoms with Gasteiger partial charge in [0.1, 0.15) is 11.3 Å². The number of hydrogen-bond donors (Lipinski definition) is 1. The van der Waals surface area contributed by atoms with Crippen molar-refractivity contribution in [2.75, 3.05) is 0 Å². The number of nitrogens with zero attached hydrogens (tertiary/aromatic N) is 2. The number of carbonyl (C=O) groups is 1. The Hall–Kier alpha value is -2.83. The van der Waals surface area contributed by atoms with E-state index in [9.17, 15) is 9.59 Å². The highest BCUT2D eigenvalue weighted by atomic mass is 16.8. The number of hydrogen-bond acceptors (Lipinski definition) is 5. The predicted molar refractivity (Wildman–Crippen MR) is 68.8 cm³/mol. The zero-order valence-corrected chi connectivity index (χ0v) is 10.3. The van der Waals surface area contributed by atoms with Gasteiger partial charge in [0.2, 0.25) is 11.1 Å². The second-order valence-electron chi connectivity index (χ2n) is 4.18. The van der Waals surface area contributed by atoms with Crippen LogP contribution in [0.25, 0.3) is 10.9 Å². The van der Waals surface area contributed by atoms with Crippen molar-refractivity contribution < 1.29 is 19.5 Å². The summed E-state index contributed by atoms with van der Waals surface area (Å²) >= 11 is 0. The van der Waals surface area contributed by atoms with Crippen molar-refractivity contribution in [3.05, 3.63) is 46.8 Å². The summed E-state index contributed by atoms with van der Waals surface area (Å²) < 4.78 is 5.56. The van der Waals surface area contributed by atoms with E-state index in [0.29, 0.717) is 11.9 Å². The second kappa shape index (κ2) is 4.37. The summed E-state index contributed by atoms with van der Waals surface area (Å²) in [4.78, 5) is 29.7. The maximum absolute atomic E-state index is 12.2. The van der Waals surface area contributed by atoms with Crippen molar-refractivity contribution in [3.8, 4) is 5.75 Å². The maximum atomic E-state index is 12.2. The largest absolute Gasteiger partial charge is 0.476 e. The molecule has 20 heavy (non-hydrogen) atoms. The van der Waals surface area contributed by atoms with Crippen LogP contribution in [0.2, 0.25) is 0 Å². The molecule has 0 radical (unpaired) electrons. The highest BCUT2D eigenvalue weighted by Crippen LogP contribution is 2.26. The lowest BCUT2D eigenvalue weighted by molar-refractivity contribution is -0.0885. The van der Waals surface area contributed by atoms with Crippen LogP contribution in [0.1, 0.15) is 16.9 Å². The van der Waals surface area contributed by atoms with Crippen molar-refractivity contribution in [1.82, 2.24) is 9.94 Å². The minimum Gasteiger partial charge on any atom is -0.476 e. The Bertz CT molecular complexity index is 780. The quantitative estimate of drug-likeness (QED) is 0.833. The smallest absolute Gasteiger partial charge is 0.360 e. The third-order valence-corrected chi connectivity index (χ3v) is 2.88. The van der Waals surface area contributed by atoms with E-state index in [0.717, 1.165) is 4.85 Å². The van der Waals surface area contributed by atoms with Crippen LogP contribution in [0.15, 0.2) is 35.6 Å². The molecular weight excluding hydrogens is 264 g/mol. The Morgan fingerprint density at radius 3 is 3.05 bits per heavy atom. The monoisotopic (exact) mass is 274 g/mol. The summed E-state index contributed by atoms with van der Waals surface area (Å²) in [6, 6.07) is 4.87. The molecule has 0 saturated carbocycles. The lowest BCUT2D eigenvalue weighted by Crippen LogP contribution is -2.31. The summed E-state index contributed by atoms with van der Waals surface area (Å²) in [5.74, 6) is -1.14. The van der Waals surface area contributed by atoms with Gasteiger partial charge in [-0.15, -0.1) is 11.7 Å². The first-order valence-electron chi connectivity index (χ1n) is 5.86. The van der Waals surface area contributed by atoms with Crippen LogP contribution >= 0.6 is 0 Å². The molecule has 102 valence electrons. The van der Waals surface area contributed by atoms with Gasteiger partial charge in [0.05, 0.1) is 5.39 Å².